The van der Waals surface area contributed by atoms with Crippen LogP contribution in [0.2, 0.25) is 0 Å². The molecule has 0 aliphatic carbocycles. The Labute approximate surface area is 97.6 Å². The maximum atomic E-state index is 10.7. The van der Waals surface area contributed by atoms with Crippen molar-refractivity contribution in [1.29, 1.82) is 0 Å². The van der Waals surface area contributed by atoms with Gasteiger partial charge in [0, 0.05) is 0 Å². The van der Waals surface area contributed by atoms with Crippen LogP contribution in [0.3, 0.4) is 0 Å². The Hall–Kier alpha value is -0.470. The maximum absolute atomic E-state index is 10.7. The number of hydrogen-bond donors (Lipinski definition) is 1. The molecule has 0 aliphatic heterocycles. The van der Waals surface area contributed by atoms with Crippen LogP contribution in [0, 0.1) is 6.92 Å². The number of hydrogen-bond acceptors (Lipinski definition) is 3. The summed E-state index contributed by atoms with van der Waals surface area (Å²) < 4.78 is 11.1. The summed E-state index contributed by atoms with van der Waals surface area (Å²) in [5, 5.41) is 0.736. The molecule has 0 radical (unpaired) electrons. The summed E-state index contributed by atoms with van der Waals surface area (Å²) in [5.74, 6) is 0. The van der Waals surface area contributed by atoms with E-state index in [2.05, 4.69) is 0 Å². The molecule has 0 aromatic heterocycles. The van der Waals surface area contributed by atoms with Crippen LogP contribution in [0.25, 0.3) is 0 Å². The molecule has 0 heterocycles. The van der Waals surface area contributed by atoms with Crippen LogP contribution in [0.1, 0.15) is 19.4 Å². The van der Waals surface area contributed by atoms with Crippen LogP contribution >= 0.6 is 7.28 Å². The molecule has 1 aromatic rings. The first-order chi connectivity index (χ1) is 7.41. The Kier molecular flexibility index (Phi) is 4.08. The molecule has 0 amide bonds. The van der Waals surface area contributed by atoms with E-state index in [0.29, 0.717) is 13.2 Å². The summed E-state index contributed by atoms with van der Waals surface area (Å²) in [4.78, 5) is 10.7. The zero-order valence-electron chi connectivity index (χ0n) is 10.4. The zero-order chi connectivity index (χ0) is 12.3. The minimum atomic E-state index is -3.63. The van der Waals surface area contributed by atoms with Gasteiger partial charge in [-0.2, -0.15) is 0 Å². The molecule has 4 heteroatoms. The second kappa shape index (κ2) is 4.80. The van der Waals surface area contributed by atoms with Crippen LogP contribution in [0.5, 0.6) is 0 Å². The number of benzene rings is 1. The van der Waals surface area contributed by atoms with Gasteiger partial charge in [-0.1, -0.05) is 0 Å². The van der Waals surface area contributed by atoms with E-state index in [0.717, 1.165) is 10.9 Å². The standard InChI is InChI=1S/C12H21O3P/c1-5-14-16(4,13,15-6-2)12-9-7-11(3)8-10-12/h7-10,13H,5-6H2,1-4H3. The Morgan fingerprint density at radius 2 is 1.50 bits per heavy atom. The fourth-order valence-electron chi connectivity index (χ4n) is 1.68. The van der Waals surface area contributed by atoms with Gasteiger partial charge in [-0.3, -0.25) is 0 Å². The second-order valence-electron chi connectivity index (χ2n) is 3.98. The fourth-order valence-corrected chi connectivity index (χ4v) is 4.09. The Bertz CT molecular complexity index is 336. The number of aryl methyl sites for hydroxylation is 1. The van der Waals surface area contributed by atoms with Crippen molar-refractivity contribution in [3.63, 3.8) is 0 Å². The quantitative estimate of drug-likeness (QED) is 0.809. The molecule has 0 atom stereocenters. The average molecular weight is 244 g/mol. The van der Waals surface area contributed by atoms with Crippen molar-refractivity contribution in [1.82, 2.24) is 0 Å². The molecular weight excluding hydrogens is 223 g/mol. The van der Waals surface area contributed by atoms with Crippen molar-refractivity contribution in [2.24, 2.45) is 0 Å². The van der Waals surface area contributed by atoms with Gasteiger partial charge in [-0.25, -0.2) is 0 Å². The third-order valence-corrected chi connectivity index (χ3v) is 5.68. The molecule has 92 valence electrons. The van der Waals surface area contributed by atoms with Crippen LogP contribution < -0.4 is 5.30 Å². The SMILES string of the molecule is CCOP(C)(O)(OCC)c1ccc(C)cc1. The molecule has 0 saturated heterocycles. The first kappa shape index (κ1) is 13.6. The normalized spacial score (nSPS) is 14.4. The fraction of sp³-hybridized carbons (Fsp3) is 0.500. The molecular formula is C12H21O3P. The van der Waals surface area contributed by atoms with Gasteiger partial charge in [0.05, 0.1) is 0 Å². The summed E-state index contributed by atoms with van der Waals surface area (Å²) in [7, 11) is -3.63. The van der Waals surface area contributed by atoms with Gasteiger partial charge in [0.25, 0.3) is 0 Å². The van der Waals surface area contributed by atoms with Crippen LogP contribution in [0.15, 0.2) is 24.3 Å². The monoisotopic (exact) mass is 244 g/mol. The van der Waals surface area contributed by atoms with Crippen molar-refractivity contribution >= 4 is 12.6 Å². The third-order valence-electron chi connectivity index (χ3n) is 2.48. The topological polar surface area (TPSA) is 38.7 Å². The van der Waals surface area contributed by atoms with Gasteiger partial charge in [-0.05, 0) is 0 Å². The minimum absolute atomic E-state index is 0.429. The van der Waals surface area contributed by atoms with E-state index in [-0.39, 0.29) is 0 Å². The summed E-state index contributed by atoms with van der Waals surface area (Å²) in [6.45, 7) is 8.25. The van der Waals surface area contributed by atoms with Gasteiger partial charge in [0.2, 0.25) is 0 Å². The molecule has 1 N–H and O–H groups in total. The van der Waals surface area contributed by atoms with Crippen LogP contribution in [0.4, 0.5) is 0 Å². The second-order valence-corrected chi connectivity index (χ2v) is 7.63. The van der Waals surface area contributed by atoms with E-state index >= 15 is 0 Å². The van der Waals surface area contributed by atoms with Gasteiger partial charge in [0.1, 0.15) is 0 Å². The summed E-state index contributed by atoms with van der Waals surface area (Å²) in [6, 6.07) is 7.65. The molecule has 1 aromatic carbocycles. The van der Waals surface area contributed by atoms with Crippen LogP contribution in [-0.4, -0.2) is 24.8 Å². The average Bonchev–Trinajstić information content (AvgIpc) is 2.18. The van der Waals surface area contributed by atoms with Crippen molar-refractivity contribution in [3.05, 3.63) is 29.8 Å². The van der Waals surface area contributed by atoms with E-state index in [1.165, 1.54) is 0 Å². The first-order valence-corrected chi connectivity index (χ1v) is 8.02. The Morgan fingerprint density at radius 1 is 1.06 bits per heavy atom. The van der Waals surface area contributed by atoms with Crippen LogP contribution in [-0.2, 0) is 9.05 Å². The summed E-state index contributed by atoms with van der Waals surface area (Å²) >= 11 is 0. The third kappa shape index (κ3) is 2.80. The van der Waals surface area contributed by atoms with Crippen molar-refractivity contribution in [3.8, 4) is 0 Å². The molecule has 16 heavy (non-hydrogen) atoms. The van der Waals surface area contributed by atoms with Crippen molar-refractivity contribution in [2.45, 2.75) is 20.8 Å². The zero-order valence-corrected chi connectivity index (χ0v) is 11.3. The molecule has 1 rings (SSSR count). The predicted molar refractivity (Wildman–Crippen MR) is 69.1 cm³/mol. The Balaban J connectivity index is 3.15. The molecule has 0 unspecified atom stereocenters. The first-order valence-electron chi connectivity index (χ1n) is 5.55. The molecule has 0 saturated carbocycles. The molecule has 0 aliphatic rings. The molecule has 0 bridgehead atoms. The molecule has 0 spiro atoms. The van der Waals surface area contributed by atoms with E-state index < -0.39 is 7.28 Å². The molecule has 3 nitrogen and oxygen atoms in total. The predicted octanol–water partition coefficient (Wildman–Crippen LogP) is 2.61. The van der Waals surface area contributed by atoms with E-state index in [9.17, 15) is 4.89 Å². The summed E-state index contributed by atoms with van der Waals surface area (Å²) in [5.41, 5.74) is 1.15. The van der Waals surface area contributed by atoms with Crippen molar-refractivity contribution in [2.75, 3.05) is 19.9 Å². The number of rotatable bonds is 5. The molecule has 0 fully saturated rings. The van der Waals surface area contributed by atoms with E-state index in [1.54, 1.807) is 6.66 Å². The van der Waals surface area contributed by atoms with Gasteiger partial charge in [-0.15, -0.1) is 0 Å². The van der Waals surface area contributed by atoms with E-state index in [4.69, 9.17) is 9.05 Å². The van der Waals surface area contributed by atoms with Gasteiger partial charge in [0.15, 0.2) is 0 Å². The Morgan fingerprint density at radius 3 is 1.88 bits per heavy atom. The summed E-state index contributed by atoms with van der Waals surface area (Å²) in [6.07, 6.45) is 0. The van der Waals surface area contributed by atoms with E-state index in [1.807, 2.05) is 45.0 Å². The van der Waals surface area contributed by atoms with Crippen molar-refractivity contribution < 1.29 is 13.9 Å². The van der Waals surface area contributed by atoms with Gasteiger partial charge >= 0.3 is 97.0 Å². The van der Waals surface area contributed by atoms with Gasteiger partial charge < -0.3 is 0 Å².